The van der Waals surface area contributed by atoms with Gasteiger partial charge in [0.15, 0.2) is 5.43 Å². The number of benzene rings is 2. The average molecular weight is 326 g/mol. The third-order valence-electron chi connectivity index (χ3n) is 3.52. The quantitative estimate of drug-likeness (QED) is 0.767. The normalized spacial score (nSPS) is 10.6. The van der Waals surface area contributed by atoms with Gasteiger partial charge in [0, 0.05) is 17.0 Å². The van der Waals surface area contributed by atoms with Gasteiger partial charge in [0.2, 0.25) is 0 Å². The van der Waals surface area contributed by atoms with E-state index < -0.39 is 11.9 Å². The van der Waals surface area contributed by atoms with Gasteiger partial charge in [-0.15, -0.1) is 0 Å². The lowest BCUT2D eigenvalue weighted by Crippen LogP contribution is -2.14. The fourth-order valence-corrected chi connectivity index (χ4v) is 2.47. The standard InChI is InChI=1S/C18H15FN2O3/c1-2-24-18(23)21-14-6-4-3-5-12(14)16-10-17(22)13-8-7-11(19)9-15(13)20-16/h3-10H,2H2,1H3,(H,20,22)(H,21,23). The molecule has 0 saturated carbocycles. The van der Waals surface area contributed by atoms with Gasteiger partial charge >= 0.3 is 6.09 Å². The number of nitrogens with one attached hydrogen (secondary N) is 2. The Kier molecular flexibility index (Phi) is 4.29. The number of carbonyl (C=O) groups is 1. The lowest BCUT2D eigenvalue weighted by Gasteiger charge is -2.11. The number of para-hydroxylation sites is 1. The number of aromatic nitrogens is 1. The summed E-state index contributed by atoms with van der Waals surface area (Å²) in [5, 5.41) is 3.03. The van der Waals surface area contributed by atoms with Crippen molar-refractivity contribution in [2.75, 3.05) is 11.9 Å². The molecule has 1 aromatic heterocycles. The Bertz CT molecular complexity index is 966. The second kappa shape index (κ2) is 6.54. The van der Waals surface area contributed by atoms with Crippen LogP contribution in [-0.4, -0.2) is 17.7 Å². The van der Waals surface area contributed by atoms with E-state index in [2.05, 4.69) is 10.3 Å². The van der Waals surface area contributed by atoms with Gasteiger partial charge in [-0.1, -0.05) is 18.2 Å². The molecule has 0 aliphatic rings. The van der Waals surface area contributed by atoms with E-state index in [1.807, 2.05) is 0 Å². The summed E-state index contributed by atoms with van der Waals surface area (Å²) >= 11 is 0. The minimum atomic E-state index is -0.584. The van der Waals surface area contributed by atoms with E-state index in [0.29, 0.717) is 27.8 Å². The van der Waals surface area contributed by atoms with Crippen LogP contribution in [0.1, 0.15) is 6.92 Å². The van der Waals surface area contributed by atoms with E-state index in [4.69, 9.17) is 4.74 Å². The summed E-state index contributed by atoms with van der Waals surface area (Å²) in [7, 11) is 0. The Morgan fingerprint density at radius 1 is 1.21 bits per heavy atom. The molecule has 1 amide bonds. The molecule has 5 nitrogen and oxygen atoms in total. The molecular weight excluding hydrogens is 311 g/mol. The van der Waals surface area contributed by atoms with Crippen molar-refractivity contribution in [1.29, 1.82) is 0 Å². The highest BCUT2D eigenvalue weighted by atomic mass is 19.1. The predicted octanol–water partition coefficient (Wildman–Crippen LogP) is 3.90. The van der Waals surface area contributed by atoms with Crippen molar-refractivity contribution >= 4 is 22.7 Å². The van der Waals surface area contributed by atoms with Gasteiger partial charge in [0.1, 0.15) is 5.82 Å². The Morgan fingerprint density at radius 2 is 2.00 bits per heavy atom. The largest absolute Gasteiger partial charge is 0.450 e. The maximum Gasteiger partial charge on any atom is 0.411 e. The maximum atomic E-state index is 13.4. The third kappa shape index (κ3) is 3.12. The SMILES string of the molecule is CCOC(=O)Nc1ccccc1-c1cc(=O)c2ccc(F)cc2[nH]1. The summed E-state index contributed by atoms with van der Waals surface area (Å²) in [5.41, 5.74) is 1.73. The summed E-state index contributed by atoms with van der Waals surface area (Å²) in [6.07, 6.45) is -0.584. The van der Waals surface area contributed by atoms with Crippen LogP contribution < -0.4 is 10.7 Å². The number of hydrogen-bond donors (Lipinski definition) is 2. The summed E-state index contributed by atoms with van der Waals surface area (Å²) in [6, 6.07) is 12.3. The molecule has 0 atom stereocenters. The zero-order valence-corrected chi connectivity index (χ0v) is 12.9. The number of anilines is 1. The second-order valence-electron chi connectivity index (χ2n) is 5.13. The highest BCUT2D eigenvalue weighted by Gasteiger charge is 2.11. The molecule has 1 heterocycles. The van der Waals surface area contributed by atoms with E-state index >= 15 is 0 Å². The smallest absolute Gasteiger partial charge is 0.411 e. The maximum absolute atomic E-state index is 13.4. The third-order valence-corrected chi connectivity index (χ3v) is 3.52. The highest BCUT2D eigenvalue weighted by Crippen LogP contribution is 2.27. The summed E-state index contributed by atoms with van der Waals surface area (Å²) in [6.45, 7) is 1.96. The first-order valence-corrected chi connectivity index (χ1v) is 7.44. The van der Waals surface area contributed by atoms with Gasteiger partial charge in [-0.05, 0) is 31.2 Å². The van der Waals surface area contributed by atoms with Gasteiger partial charge < -0.3 is 9.72 Å². The summed E-state index contributed by atoms with van der Waals surface area (Å²) < 4.78 is 18.3. The minimum Gasteiger partial charge on any atom is -0.450 e. The topological polar surface area (TPSA) is 71.2 Å². The minimum absolute atomic E-state index is 0.232. The van der Waals surface area contributed by atoms with Crippen molar-refractivity contribution in [3.05, 3.63) is 64.6 Å². The number of ether oxygens (including phenoxy) is 1. The fraction of sp³-hybridized carbons (Fsp3) is 0.111. The monoisotopic (exact) mass is 326 g/mol. The number of rotatable bonds is 3. The molecule has 0 fully saturated rings. The molecule has 0 bridgehead atoms. The number of hydrogen-bond acceptors (Lipinski definition) is 3. The Morgan fingerprint density at radius 3 is 2.79 bits per heavy atom. The number of halogens is 1. The molecule has 6 heteroatoms. The molecule has 3 aromatic rings. The van der Waals surface area contributed by atoms with Crippen molar-refractivity contribution in [2.24, 2.45) is 0 Å². The number of fused-ring (bicyclic) bond motifs is 1. The Labute approximate surface area is 137 Å². The zero-order chi connectivity index (χ0) is 17.1. The molecule has 3 rings (SSSR count). The van der Waals surface area contributed by atoms with Crippen LogP contribution in [0.25, 0.3) is 22.2 Å². The van der Waals surface area contributed by atoms with E-state index in [0.717, 1.165) is 0 Å². The van der Waals surface area contributed by atoms with E-state index in [1.54, 1.807) is 31.2 Å². The van der Waals surface area contributed by atoms with Crippen LogP contribution in [0, 0.1) is 5.82 Å². The molecule has 0 saturated heterocycles. The lowest BCUT2D eigenvalue weighted by molar-refractivity contribution is 0.168. The van der Waals surface area contributed by atoms with Crippen LogP contribution >= 0.6 is 0 Å². The fourth-order valence-electron chi connectivity index (χ4n) is 2.47. The van der Waals surface area contributed by atoms with Crippen molar-refractivity contribution in [1.82, 2.24) is 4.98 Å². The second-order valence-corrected chi connectivity index (χ2v) is 5.13. The zero-order valence-electron chi connectivity index (χ0n) is 12.9. The molecule has 2 N–H and O–H groups in total. The van der Waals surface area contributed by atoms with Crippen LogP contribution in [0.2, 0.25) is 0 Å². The molecular formula is C18H15FN2O3. The predicted molar refractivity (Wildman–Crippen MR) is 90.6 cm³/mol. The van der Waals surface area contributed by atoms with E-state index in [1.165, 1.54) is 24.3 Å². The van der Waals surface area contributed by atoms with Crippen molar-refractivity contribution in [3.63, 3.8) is 0 Å². The molecule has 0 radical (unpaired) electrons. The highest BCUT2D eigenvalue weighted by molar-refractivity contribution is 5.92. The van der Waals surface area contributed by atoms with Crippen molar-refractivity contribution in [2.45, 2.75) is 6.92 Å². The Hall–Kier alpha value is -3.15. The van der Waals surface area contributed by atoms with E-state index in [-0.39, 0.29) is 12.0 Å². The first kappa shape index (κ1) is 15.7. The van der Waals surface area contributed by atoms with Gasteiger partial charge in [0.25, 0.3) is 0 Å². The number of amides is 1. The van der Waals surface area contributed by atoms with E-state index in [9.17, 15) is 14.0 Å². The molecule has 0 spiro atoms. The van der Waals surface area contributed by atoms with Gasteiger partial charge in [0.05, 0.1) is 23.5 Å². The van der Waals surface area contributed by atoms with Crippen LogP contribution in [0.15, 0.2) is 53.3 Å². The molecule has 122 valence electrons. The lowest BCUT2D eigenvalue weighted by atomic mass is 10.1. The van der Waals surface area contributed by atoms with Crippen LogP contribution in [0.4, 0.5) is 14.9 Å². The van der Waals surface area contributed by atoms with Crippen LogP contribution in [0.5, 0.6) is 0 Å². The van der Waals surface area contributed by atoms with Crippen LogP contribution in [0.3, 0.4) is 0 Å². The molecule has 0 aliphatic carbocycles. The molecule has 0 aliphatic heterocycles. The van der Waals surface area contributed by atoms with Gasteiger partial charge in [-0.25, -0.2) is 9.18 Å². The van der Waals surface area contributed by atoms with Crippen molar-refractivity contribution in [3.8, 4) is 11.3 Å². The summed E-state index contributed by atoms with van der Waals surface area (Å²) in [4.78, 5) is 27.0. The van der Waals surface area contributed by atoms with Crippen molar-refractivity contribution < 1.29 is 13.9 Å². The molecule has 24 heavy (non-hydrogen) atoms. The number of aromatic amines is 1. The number of pyridine rings is 1. The Balaban J connectivity index is 2.11. The number of H-pyrrole nitrogens is 1. The molecule has 0 unspecified atom stereocenters. The van der Waals surface area contributed by atoms with Crippen LogP contribution in [-0.2, 0) is 4.74 Å². The summed E-state index contributed by atoms with van der Waals surface area (Å²) in [5.74, 6) is -0.437. The van der Waals surface area contributed by atoms with Gasteiger partial charge in [-0.2, -0.15) is 0 Å². The molecule has 2 aromatic carbocycles. The number of carbonyl (C=O) groups excluding carboxylic acids is 1. The average Bonchev–Trinajstić information content (AvgIpc) is 2.55. The van der Waals surface area contributed by atoms with Gasteiger partial charge in [-0.3, -0.25) is 10.1 Å². The first-order valence-electron chi connectivity index (χ1n) is 7.44. The first-order chi connectivity index (χ1) is 11.6.